The highest BCUT2D eigenvalue weighted by atomic mass is 16.4. The fourth-order valence-corrected chi connectivity index (χ4v) is 1.79. The van der Waals surface area contributed by atoms with E-state index in [-0.39, 0.29) is 18.1 Å². The molecular formula is C13H16N4O4. The monoisotopic (exact) mass is 292 g/mol. The van der Waals surface area contributed by atoms with Gasteiger partial charge in [-0.3, -0.25) is 0 Å². The Balaban J connectivity index is 1.73. The van der Waals surface area contributed by atoms with Crippen LogP contribution in [0.5, 0.6) is 0 Å². The zero-order valence-electron chi connectivity index (χ0n) is 11.5. The van der Waals surface area contributed by atoms with Gasteiger partial charge in [0.05, 0.1) is 12.9 Å². The van der Waals surface area contributed by atoms with Crippen molar-refractivity contribution in [1.82, 2.24) is 20.2 Å². The number of amides is 2. The summed E-state index contributed by atoms with van der Waals surface area (Å²) in [4.78, 5) is 26.3. The lowest BCUT2D eigenvalue weighted by atomic mass is 10.2. The minimum Gasteiger partial charge on any atom is -0.478 e. The second-order valence-corrected chi connectivity index (χ2v) is 4.40. The van der Waals surface area contributed by atoms with Crippen LogP contribution in [-0.4, -0.2) is 33.2 Å². The molecule has 8 heteroatoms. The van der Waals surface area contributed by atoms with Crippen LogP contribution in [-0.2, 0) is 13.1 Å². The number of aromatic nitrogens is 2. The zero-order chi connectivity index (χ0) is 15.2. The number of furan rings is 1. The van der Waals surface area contributed by atoms with Crippen molar-refractivity contribution in [2.45, 2.75) is 20.0 Å². The Hall–Kier alpha value is -2.77. The van der Waals surface area contributed by atoms with Crippen LogP contribution in [0, 0.1) is 6.92 Å². The molecule has 2 aromatic heterocycles. The predicted octanol–water partition coefficient (Wildman–Crippen LogP) is 0.982. The topological polar surface area (TPSA) is 109 Å². The van der Waals surface area contributed by atoms with Gasteiger partial charge in [0.2, 0.25) is 0 Å². The van der Waals surface area contributed by atoms with E-state index in [0.717, 1.165) is 0 Å². The highest BCUT2D eigenvalue weighted by Gasteiger charge is 2.13. The zero-order valence-corrected chi connectivity index (χ0v) is 11.5. The third kappa shape index (κ3) is 4.10. The highest BCUT2D eigenvalue weighted by molar-refractivity contribution is 5.88. The standard InChI is InChI=1S/C13H16N4O4/c1-9-11(12(18)19)6-10(21-9)7-16-13(20)15-3-5-17-4-2-14-8-17/h2,4,6,8H,3,5,7H2,1H3,(H,18,19)(H2,15,16,20). The van der Waals surface area contributed by atoms with Crippen LogP contribution < -0.4 is 10.6 Å². The molecule has 0 aliphatic rings. The molecule has 3 N–H and O–H groups in total. The molecule has 0 spiro atoms. The normalized spacial score (nSPS) is 10.3. The molecule has 0 aliphatic carbocycles. The molecule has 0 atom stereocenters. The number of carbonyl (C=O) groups excluding carboxylic acids is 1. The lowest BCUT2D eigenvalue weighted by Gasteiger charge is -2.06. The summed E-state index contributed by atoms with van der Waals surface area (Å²) in [5.74, 6) is -0.332. The van der Waals surface area contributed by atoms with Crippen molar-refractivity contribution >= 4 is 12.0 Å². The minimum atomic E-state index is -1.05. The molecule has 0 saturated heterocycles. The van der Waals surface area contributed by atoms with E-state index in [1.165, 1.54) is 6.07 Å². The summed E-state index contributed by atoms with van der Waals surface area (Å²) in [7, 11) is 0. The van der Waals surface area contributed by atoms with Gasteiger partial charge >= 0.3 is 12.0 Å². The van der Waals surface area contributed by atoms with Gasteiger partial charge in [-0.1, -0.05) is 0 Å². The molecule has 2 aromatic rings. The van der Waals surface area contributed by atoms with Gasteiger partial charge in [-0.05, 0) is 13.0 Å². The number of nitrogens with one attached hydrogen (secondary N) is 2. The number of carboxylic acids is 1. The van der Waals surface area contributed by atoms with Crippen molar-refractivity contribution in [3.8, 4) is 0 Å². The number of aromatic carboxylic acids is 1. The predicted molar refractivity (Wildman–Crippen MR) is 72.9 cm³/mol. The quantitative estimate of drug-likeness (QED) is 0.735. The molecule has 0 unspecified atom stereocenters. The molecule has 21 heavy (non-hydrogen) atoms. The Morgan fingerprint density at radius 1 is 1.43 bits per heavy atom. The summed E-state index contributed by atoms with van der Waals surface area (Å²) in [5.41, 5.74) is 0.104. The number of urea groups is 1. The smallest absolute Gasteiger partial charge is 0.339 e. The molecule has 2 rings (SSSR count). The van der Waals surface area contributed by atoms with Crippen LogP contribution in [0.3, 0.4) is 0 Å². The summed E-state index contributed by atoms with van der Waals surface area (Å²) < 4.78 is 7.10. The molecule has 0 aliphatic heterocycles. The van der Waals surface area contributed by atoms with E-state index in [1.54, 1.807) is 25.6 Å². The van der Waals surface area contributed by atoms with Gasteiger partial charge in [-0.25, -0.2) is 14.6 Å². The number of carboxylic acid groups (broad SMARTS) is 1. The summed E-state index contributed by atoms with van der Waals surface area (Å²) >= 11 is 0. The second-order valence-electron chi connectivity index (χ2n) is 4.40. The Bertz CT molecular complexity index is 618. The first-order valence-corrected chi connectivity index (χ1v) is 6.36. The van der Waals surface area contributed by atoms with E-state index in [1.807, 2.05) is 4.57 Å². The largest absolute Gasteiger partial charge is 0.478 e. The van der Waals surface area contributed by atoms with Gasteiger partial charge < -0.3 is 24.7 Å². The number of carbonyl (C=O) groups is 2. The average molecular weight is 292 g/mol. The maximum atomic E-state index is 11.6. The van der Waals surface area contributed by atoms with Crippen molar-refractivity contribution in [2.75, 3.05) is 6.54 Å². The van der Waals surface area contributed by atoms with Crippen molar-refractivity contribution in [2.24, 2.45) is 0 Å². The van der Waals surface area contributed by atoms with Crippen LogP contribution in [0.2, 0.25) is 0 Å². The van der Waals surface area contributed by atoms with Crippen molar-refractivity contribution in [3.05, 3.63) is 41.9 Å². The van der Waals surface area contributed by atoms with E-state index < -0.39 is 5.97 Å². The van der Waals surface area contributed by atoms with Crippen molar-refractivity contribution in [3.63, 3.8) is 0 Å². The third-order valence-corrected chi connectivity index (χ3v) is 2.84. The number of nitrogens with zero attached hydrogens (tertiary/aromatic N) is 2. The van der Waals surface area contributed by atoms with E-state index in [4.69, 9.17) is 9.52 Å². The molecule has 0 bridgehead atoms. The second kappa shape index (κ2) is 6.60. The number of rotatable bonds is 6. The van der Waals surface area contributed by atoms with Crippen molar-refractivity contribution in [1.29, 1.82) is 0 Å². The minimum absolute atomic E-state index is 0.104. The molecular weight excluding hydrogens is 276 g/mol. The van der Waals surface area contributed by atoms with Gasteiger partial charge in [0.1, 0.15) is 17.1 Å². The maximum absolute atomic E-state index is 11.6. The highest BCUT2D eigenvalue weighted by Crippen LogP contribution is 2.14. The SMILES string of the molecule is Cc1oc(CNC(=O)NCCn2ccnc2)cc1C(=O)O. The molecule has 0 fully saturated rings. The molecule has 0 saturated carbocycles. The van der Waals surface area contributed by atoms with Crippen LogP contribution >= 0.6 is 0 Å². The summed E-state index contributed by atoms with van der Waals surface area (Å²) in [6, 6.07) is 1.06. The lowest BCUT2D eigenvalue weighted by Crippen LogP contribution is -2.36. The maximum Gasteiger partial charge on any atom is 0.339 e. The number of imidazole rings is 1. The van der Waals surface area contributed by atoms with Crippen molar-refractivity contribution < 1.29 is 19.1 Å². The Morgan fingerprint density at radius 3 is 2.86 bits per heavy atom. The van der Waals surface area contributed by atoms with Crippen LogP contribution in [0.1, 0.15) is 21.9 Å². The van der Waals surface area contributed by atoms with E-state index in [2.05, 4.69) is 15.6 Å². The fraction of sp³-hybridized carbons (Fsp3) is 0.308. The number of hydrogen-bond acceptors (Lipinski definition) is 4. The molecule has 2 amide bonds. The molecule has 112 valence electrons. The van der Waals surface area contributed by atoms with Gasteiger partial charge in [0, 0.05) is 25.5 Å². The fourth-order valence-electron chi connectivity index (χ4n) is 1.79. The third-order valence-electron chi connectivity index (χ3n) is 2.84. The van der Waals surface area contributed by atoms with E-state index >= 15 is 0 Å². The van der Waals surface area contributed by atoms with Gasteiger partial charge in [0.15, 0.2) is 0 Å². The van der Waals surface area contributed by atoms with Crippen LogP contribution in [0.4, 0.5) is 4.79 Å². The average Bonchev–Trinajstić information content (AvgIpc) is 3.06. The molecule has 2 heterocycles. The van der Waals surface area contributed by atoms with E-state index in [9.17, 15) is 9.59 Å². The summed E-state index contributed by atoms with van der Waals surface area (Å²) in [5, 5.41) is 14.2. The first-order chi connectivity index (χ1) is 10.1. The lowest BCUT2D eigenvalue weighted by molar-refractivity contribution is 0.0695. The Morgan fingerprint density at radius 2 is 2.24 bits per heavy atom. The first-order valence-electron chi connectivity index (χ1n) is 6.36. The van der Waals surface area contributed by atoms with E-state index in [0.29, 0.717) is 24.6 Å². The van der Waals surface area contributed by atoms with Gasteiger partial charge in [-0.2, -0.15) is 0 Å². The number of hydrogen-bond donors (Lipinski definition) is 3. The number of aryl methyl sites for hydroxylation is 1. The van der Waals surface area contributed by atoms with Gasteiger partial charge in [0.25, 0.3) is 0 Å². The summed E-state index contributed by atoms with van der Waals surface area (Å²) in [6.45, 7) is 2.78. The molecule has 8 nitrogen and oxygen atoms in total. The summed E-state index contributed by atoms with van der Waals surface area (Å²) in [6.07, 6.45) is 5.14. The molecule has 0 aromatic carbocycles. The Kier molecular flexibility index (Phi) is 4.60. The first kappa shape index (κ1) is 14.6. The van der Waals surface area contributed by atoms with Crippen LogP contribution in [0.25, 0.3) is 0 Å². The molecule has 0 radical (unpaired) electrons. The Labute approximate surface area is 120 Å². The van der Waals surface area contributed by atoms with Crippen LogP contribution in [0.15, 0.2) is 29.2 Å². The van der Waals surface area contributed by atoms with Gasteiger partial charge in [-0.15, -0.1) is 0 Å².